The number of nitrogens with one attached hydrogen (secondary N) is 2. The quantitative estimate of drug-likeness (QED) is 0.826. The number of aryl methyl sites for hydroxylation is 1. The molecule has 0 atom stereocenters. The zero-order valence-corrected chi connectivity index (χ0v) is 11.7. The van der Waals surface area contributed by atoms with E-state index in [-0.39, 0.29) is 0 Å². The topological polar surface area (TPSA) is 42.0 Å². The summed E-state index contributed by atoms with van der Waals surface area (Å²) in [6.07, 6.45) is 3.44. The van der Waals surface area contributed by atoms with E-state index >= 15 is 0 Å². The second kappa shape index (κ2) is 5.09. The van der Waals surface area contributed by atoms with Gasteiger partial charge in [-0.25, -0.2) is 0 Å². The first kappa shape index (κ1) is 12.3. The smallest absolute Gasteiger partial charge is 0.183 e. The molecule has 2 heterocycles. The third-order valence-electron chi connectivity index (χ3n) is 3.45. The molecule has 5 heteroatoms. The predicted octanol–water partition coefficient (Wildman–Crippen LogP) is 3.29. The fourth-order valence-corrected chi connectivity index (χ4v) is 2.78. The lowest BCUT2D eigenvalue weighted by Crippen LogP contribution is -2.06. The van der Waals surface area contributed by atoms with Gasteiger partial charge in [-0.1, -0.05) is 0 Å². The number of hydrogen-bond acceptors (Lipinski definition) is 3. The number of anilines is 1. The summed E-state index contributed by atoms with van der Waals surface area (Å²) in [6.45, 7) is 0.996. The number of aromatic nitrogens is 2. The SMILES string of the molecule is COc1ccc(-n2c3c([nH]c2=S)CCCCN3)cc1. The van der Waals surface area contributed by atoms with E-state index in [4.69, 9.17) is 17.0 Å². The van der Waals surface area contributed by atoms with Crippen LogP contribution in [0.4, 0.5) is 5.82 Å². The second-order valence-corrected chi connectivity index (χ2v) is 5.06. The van der Waals surface area contributed by atoms with Gasteiger partial charge in [0, 0.05) is 6.54 Å². The Hall–Kier alpha value is -1.75. The van der Waals surface area contributed by atoms with Crippen molar-refractivity contribution in [3.05, 3.63) is 34.7 Å². The highest BCUT2D eigenvalue weighted by Crippen LogP contribution is 2.26. The molecule has 0 spiro atoms. The third kappa shape index (κ3) is 2.26. The van der Waals surface area contributed by atoms with Gasteiger partial charge in [0.05, 0.1) is 18.5 Å². The number of benzene rings is 1. The molecule has 3 rings (SSSR count). The minimum atomic E-state index is 0.740. The van der Waals surface area contributed by atoms with Crippen molar-refractivity contribution in [3.8, 4) is 11.4 Å². The number of ether oxygens (including phenoxy) is 1. The molecule has 1 aromatic heterocycles. The van der Waals surface area contributed by atoms with E-state index in [2.05, 4.69) is 14.9 Å². The van der Waals surface area contributed by atoms with Crippen molar-refractivity contribution >= 4 is 18.0 Å². The van der Waals surface area contributed by atoms with E-state index in [1.54, 1.807) is 7.11 Å². The second-order valence-electron chi connectivity index (χ2n) is 4.67. The fraction of sp³-hybridized carbons (Fsp3) is 0.357. The number of H-pyrrole nitrogens is 1. The number of imidazole rings is 1. The van der Waals surface area contributed by atoms with Crippen LogP contribution in [0.3, 0.4) is 0 Å². The minimum absolute atomic E-state index is 0.740. The first-order valence-electron chi connectivity index (χ1n) is 6.52. The molecule has 0 radical (unpaired) electrons. The van der Waals surface area contributed by atoms with Gasteiger partial charge in [-0.3, -0.25) is 4.57 Å². The van der Waals surface area contributed by atoms with Gasteiger partial charge in [-0.2, -0.15) is 0 Å². The summed E-state index contributed by atoms with van der Waals surface area (Å²) in [5.41, 5.74) is 2.26. The number of hydrogen-bond donors (Lipinski definition) is 2. The Morgan fingerprint density at radius 2 is 2.00 bits per heavy atom. The van der Waals surface area contributed by atoms with Crippen molar-refractivity contribution in [1.82, 2.24) is 9.55 Å². The molecule has 2 N–H and O–H groups in total. The van der Waals surface area contributed by atoms with Gasteiger partial charge in [0.2, 0.25) is 0 Å². The van der Waals surface area contributed by atoms with E-state index in [1.165, 1.54) is 18.5 Å². The highest BCUT2D eigenvalue weighted by Gasteiger charge is 2.15. The maximum atomic E-state index is 5.44. The maximum Gasteiger partial charge on any atom is 0.183 e. The number of rotatable bonds is 2. The molecule has 2 aromatic rings. The van der Waals surface area contributed by atoms with Gasteiger partial charge in [-0.05, 0) is 55.7 Å². The summed E-state index contributed by atoms with van der Waals surface area (Å²) in [5, 5.41) is 3.48. The van der Waals surface area contributed by atoms with Gasteiger partial charge in [0.25, 0.3) is 0 Å². The van der Waals surface area contributed by atoms with E-state index in [0.717, 1.165) is 35.0 Å². The molecule has 0 fully saturated rings. The van der Waals surface area contributed by atoms with E-state index in [9.17, 15) is 0 Å². The van der Waals surface area contributed by atoms with Crippen LogP contribution in [0.5, 0.6) is 5.75 Å². The highest BCUT2D eigenvalue weighted by molar-refractivity contribution is 7.71. The molecule has 0 amide bonds. The summed E-state index contributed by atoms with van der Waals surface area (Å²) < 4.78 is 8.00. The lowest BCUT2D eigenvalue weighted by Gasteiger charge is -2.10. The zero-order valence-electron chi connectivity index (χ0n) is 10.9. The number of fused-ring (bicyclic) bond motifs is 1. The molecule has 1 aromatic carbocycles. The number of nitrogens with zero attached hydrogens (tertiary/aromatic N) is 1. The third-order valence-corrected chi connectivity index (χ3v) is 3.73. The zero-order chi connectivity index (χ0) is 13.2. The molecule has 4 nitrogen and oxygen atoms in total. The molecule has 1 aliphatic rings. The lowest BCUT2D eigenvalue weighted by molar-refractivity contribution is 0.414. The molecule has 0 saturated heterocycles. The number of methoxy groups -OCH3 is 1. The standard InChI is InChI=1S/C14H17N3OS/c1-18-11-7-5-10(6-8-11)17-13-12(16-14(17)19)4-2-3-9-15-13/h5-8,15H,2-4,9H2,1H3,(H,16,19). The summed E-state index contributed by atoms with van der Waals surface area (Å²) in [4.78, 5) is 3.32. The molecular formula is C14H17N3OS. The largest absolute Gasteiger partial charge is 0.497 e. The van der Waals surface area contributed by atoms with Gasteiger partial charge >= 0.3 is 0 Å². The molecule has 0 unspecified atom stereocenters. The first-order valence-corrected chi connectivity index (χ1v) is 6.92. The highest BCUT2D eigenvalue weighted by atomic mass is 32.1. The van der Waals surface area contributed by atoms with Crippen LogP contribution in [0.15, 0.2) is 24.3 Å². The van der Waals surface area contributed by atoms with Crippen LogP contribution in [-0.4, -0.2) is 23.2 Å². The Morgan fingerprint density at radius 1 is 1.21 bits per heavy atom. The molecule has 0 bridgehead atoms. The Kier molecular flexibility index (Phi) is 3.29. The van der Waals surface area contributed by atoms with Crippen LogP contribution in [0.2, 0.25) is 0 Å². The average Bonchev–Trinajstić information content (AvgIpc) is 2.61. The summed E-state index contributed by atoms with van der Waals surface area (Å²) in [6, 6.07) is 7.95. The summed E-state index contributed by atoms with van der Waals surface area (Å²) >= 11 is 5.44. The van der Waals surface area contributed by atoms with Crippen molar-refractivity contribution in [2.45, 2.75) is 19.3 Å². The molecule has 1 aliphatic heterocycles. The maximum absolute atomic E-state index is 5.44. The van der Waals surface area contributed by atoms with E-state index < -0.39 is 0 Å². The predicted molar refractivity (Wildman–Crippen MR) is 78.9 cm³/mol. The van der Waals surface area contributed by atoms with Crippen LogP contribution in [0.25, 0.3) is 5.69 Å². The van der Waals surface area contributed by atoms with Crippen LogP contribution in [0, 0.1) is 4.77 Å². The molecule has 0 saturated carbocycles. The summed E-state index contributed by atoms with van der Waals surface area (Å²) in [5.74, 6) is 1.96. The van der Waals surface area contributed by atoms with Crippen LogP contribution < -0.4 is 10.1 Å². The van der Waals surface area contributed by atoms with Crippen LogP contribution >= 0.6 is 12.2 Å². The molecule has 19 heavy (non-hydrogen) atoms. The van der Waals surface area contributed by atoms with Crippen molar-refractivity contribution in [2.24, 2.45) is 0 Å². The Bertz CT molecular complexity index is 627. The lowest BCUT2D eigenvalue weighted by atomic mass is 10.2. The van der Waals surface area contributed by atoms with Crippen molar-refractivity contribution < 1.29 is 4.74 Å². The van der Waals surface area contributed by atoms with Crippen LogP contribution in [-0.2, 0) is 6.42 Å². The van der Waals surface area contributed by atoms with Crippen molar-refractivity contribution in [1.29, 1.82) is 0 Å². The van der Waals surface area contributed by atoms with Gasteiger partial charge < -0.3 is 15.0 Å². The monoisotopic (exact) mass is 275 g/mol. The van der Waals surface area contributed by atoms with Gasteiger partial charge in [-0.15, -0.1) is 0 Å². The normalized spacial score (nSPS) is 14.4. The Morgan fingerprint density at radius 3 is 2.74 bits per heavy atom. The molecular weight excluding hydrogens is 258 g/mol. The van der Waals surface area contributed by atoms with E-state index in [1.807, 2.05) is 24.3 Å². The van der Waals surface area contributed by atoms with Crippen molar-refractivity contribution in [3.63, 3.8) is 0 Å². The Balaban J connectivity index is 2.08. The minimum Gasteiger partial charge on any atom is -0.497 e. The van der Waals surface area contributed by atoms with E-state index in [0.29, 0.717) is 0 Å². The summed E-state index contributed by atoms with van der Waals surface area (Å²) in [7, 11) is 1.67. The number of aromatic amines is 1. The van der Waals surface area contributed by atoms with Gasteiger partial charge in [0.1, 0.15) is 11.6 Å². The molecule has 100 valence electrons. The Labute approximate surface area is 117 Å². The van der Waals surface area contributed by atoms with Crippen molar-refractivity contribution in [2.75, 3.05) is 19.0 Å². The first-order chi connectivity index (χ1) is 9.29. The fourth-order valence-electron chi connectivity index (χ4n) is 2.46. The molecule has 0 aliphatic carbocycles. The average molecular weight is 275 g/mol. The van der Waals surface area contributed by atoms with Gasteiger partial charge in [0.15, 0.2) is 4.77 Å². The van der Waals surface area contributed by atoms with Crippen LogP contribution in [0.1, 0.15) is 18.5 Å².